The maximum atomic E-state index is 12.5. The minimum absolute atomic E-state index is 0.0201. The van der Waals surface area contributed by atoms with Gasteiger partial charge in [0, 0.05) is 30.1 Å². The average Bonchev–Trinajstić information content (AvgIpc) is 3.09. The lowest BCUT2D eigenvalue weighted by atomic mass is 9.93. The minimum Gasteiger partial charge on any atom is -0.481 e. The van der Waals surface area contributed by atoms with Gasteiger partial charge >= 0.3 is 5.97 Å². The number of carboxylic acid groups (broad SMARTS) is 1. The van der Waals surface area contributed by atoms with Gasteiger partial charge in [-0.1, -0.05) is 11.6 Å². The van der Waals surface area contributed by atoms with Crippen molar-refractivity contribution in [3.05, 3.63) is 29.3 Å². The SMILES string of the molecule is O=C(O)CCC1CCCN(C(=O)Cn2nnc(-c3ccc(Cl)cc3)n2)C1. The van der Waals surface area contributed by atoms with Crippen molar-refractivity contribution in [3.8, 4) is 11.4 Å². The van der Waals surface area contributed by atoms with Gasteiger partial charge < -0.3 is 10.0 Å². The molecule has 8 nitrogen and oxygen atoms in total. The van der Waals surface area contributed by atoms with Crippen molar-refractivity contribution < 1.29 is 14.7 Å². The summed E-state index contributed by atoms with van der Waals surface area (Å²) in [4.78, 5) is 26.3. The standard InChI is InChI=1S/C17H20ClN5O3/c18-14-6-4-13(5-7-14)17-19-21-23(20-17)11-15(24)22-9-1-2-12(10-22)3-8-16(25)26/h4-7,12H,1-3,8-11H2,(H,25,26). The molecule has 1 unspecified atom stereocenters. The Morgan fingerprint density at radius 3 is 2.77 bits per heavy atom. The van der Waals surface area contributed by atoms with Crippen molar-refractivity contribution in [3.63, 3.8) is 0 Å². The molecule has 1 aliphatic rings. The Bertz CT molecular complexity index is 777. The number of carboxylic acids is 1. The summed E-state index contributed by atoms with van der Waals surface area (Å²) in [5.41, 5.74) is 0.778. The van der Waals surface area contributed by atoms with Gasteiger partial charge in [-0.25, -0.2) is 0 Å². The predicted octanol–water partition coefficient (Wildman–Crippen LogP) is 2.10. The van der Waals surface area contributed by atoms with Crippen molar-refractivity contribution in [1.29, 1.82) is 0 Å². The Hall–Kier alpha value is -2.48. The Balaban J connectivity index is 1.57. The van der Waals surface area contributed by atoms with E-state index < -0.39 is 5.97 Å². The molecule has 2 aromatic rings. The number of piperidine rings is 1. The molecule has 9 heteroatoms. The number of hydrogen-bond donors (Lipinski definition) is 1. The molecule has 1 saturated heterocycles. The monoisotopic (exact) mass is 377 g/mol. The van der Waals surface area contributed by atoms with Gasteiger partial charge in [0.25, 0.3) is 0 Å². The summed E-state index contributed by atoms with van der Waals surface area (Å²) in [6, 6.07) is 7.08. The van der Waals surface area contributed by atoms with Crippen LogP contribution in [0.15, 0.2) is 24.3 Å². The lowest BCUT2D eigenvalue weighted by molar-refractivity contribution is -0.137. The van der Waals surface area contributed by atoms with Crippen LogP contribution in [0.1, 0.15) is 25.7 Å². The van der Waals surface area contributed by atoms with E-state index in [4.69, 9.17) is 16.7 Å². The number of tetrazole rings is 1. The first-order valence-corrected chi connectivity index (χ1v) is 8.92. The number of nitrogens with zero attached hydrogens (tertiary/aromatic N) is 5. The van der Waals surface area contributed by atoms with Gasteiger partial charge in [0.1, 0.15) is 6.54 Å². The average molecular weight is 378 g/mol. The van der Waals surface area contributed by atoms with Crippen molar-refractivity contribution in [2.75, 3.05) is 13.1 Å². The number of likely N-dealkylation sites (tertiary alicyclic amines) is 1. The van der Waals surface area contributed by atoms with Gasteiger partial charge in [-0.3, -0.25) is 9.59 Å². The molecule has 1 amide bonds. The molecular formula is C17H20ClN5O3. The molecule has 1 aromatic carbocycles. The second-order valence-electron chi connectivity index (χ2n) is 6.43. The van der Waals surface area contributed by atoms with Crippen LogP contribution in [-0.2, 0) is 16.1 Å². The number of rotatable bonds is 6. The summed E-state index contributed by atoms with van der Waals surface area (Å²) in [5, 5.41) is 21.6. The van der Waals surface area contributed by atoms with Crippen LogP contribution in [0.5, 0.6) is 0 Å². The molecule has 0 aliphatic carbocycles. The van der Waals surface area contributed by atoms with E-state index in [1.165, 1.54) is 4.80 Å². The summed E-state index contributed by atoms with van der Waals surface area (Å²) in [6.07, 6.45) is 2.58. The first-order valence-electron chi connectivity index (χ1n) is 8.54. The van der Waals surface area contributed by atoms with E-state index >= 15 is 0 Å². The fourth-order valence-electron chi connectivity index (χ4n) is 3.10. The zero-order valence-corrected chi connectivity index (χ0v) is 15.0. The number of amides is 1. The highest BCUT2D eigenvalue weighted by molar-refractivity contribution is 6.30. The predicted molar refractivity (Wildman–Crippen MR) is 94.4 cm³/mol. The maximum Gasteiger partial charge on any atom is 0.303 e. The third-order valence-corrected chi connectivity index (χ3v) is 4.72. The van der Waals surface area contributed by atoms with Crippen LogP contribution in [0, 0.1) is 5.92 Å². The number of carbonyl (C=O) groups is 2. The zero-order valence-electron chi connectivity index (χ0n) is 14.2. The number of aromatic nitrogens is 4. The summed E-state index contributed by atoms with van der Waals surface area (Å²) >= 11 is 5.87. The number of halogens is 1. The van der Waals surface area contributed by atoms with Gasteiger partial charge in [-0.15, -0.1) is 10.2 Å². The molecular weight excluding hydrogens is 358 g/mol. The fourth-order valence-corrected chi connectivity index (χ4v) is 3.23. The molecule has 1 N–H and O–H groups in total. The molecule has 1 aliphatic heterocycles. The van der Waals surface area contributed by atoms with Crippen LogP contribution in [-0.4, -0.2) is 55.2 Å². The van der Waals surface area contributed by atoms with Gasteiger partial charge in [0.2, 0.25) is 11.7 Å². The molecule has 3 rings (SSSR count). The largest absolute Gasteiger partial charge is 0.481 e. The smallest absolute Gasteiger partial charge is 0.303 e. The normalized spacial score (nSPS) is 17.3. The number of benzene rings is 1. The second-order valence-corrected chi connectivity index (χ2v) is 6.87. The quantitative estimate of drug-likeness (QED) is 0.827. The van der Waals surface area contributed by atoms with Crippen LogP contribution in [0.2, 0.25) is 5.02 Å². The molecule has 1 fully saturated rings. The van der Waals surface area contributed by atoms with Crippen LogP contribution in [0.25, 0.3) is 11.4 Å². The first-order chi connectivity index (χ1) is 12.5. The molecule has 26 heavy (non-hydrogen) atoms. The third kappa shape index (κ3) is 4.78. The molecule has 1 atom stereocenters. The Morgan fingerprint density at radius 2 is 2.04 bits per heavy atom. The molecule has 2 heterocycles. The molecule has 0 bridgehead atoms. The second kappa shape index (κ2) is 8.27. The fraction of sp³-hybridized carbons (Fsp3) is 0.471. The van der Waals surface area contributed by atoms with E-state index in [-0.39, 0.29) is 24.8 Å². The Labute approximate surface area is 155 Å². The van der Waals surface area contributed by atoms with E-state index in [0.717, 1.165) is 18.4 Å². The summed E-state index contributed by atoms with van der Waals surface area (Å²) < 4.78 is 0. The summed E-state index contributed by atoms with van der Waals surface area (Å²) in [6.45, 7) is 1.29. The Kier molecular flexibility index (Phi) is 5.82. The first kappa shape index (κ1) is 18.3. The third-order valence-electron chi connectivity index (χ3n) is 4.47. The van der Waals surface area contributed by atoms with Crippen LogP contribution >= 0.6 is 11.6 Å². The van der Waals surface area contributed by atoms with Crippen LogP contribution in [0.3, 0.4) is 0 Å². The zero-order chi connectivity index (χ0) is 18.5. The van der Waals surface area contributed by atoms with Gasteiger partial charge in [-0.05, 0) is 54.7 Å². The highest BCUT2D eigenvalue weighted by atomic mass is 35.5. The van der Waals surface area contributed by atoms with Crippen LogP contribution in [0.4, 0.5) is 0 Å². The van der Waals surface area contributed by atoms with Gasteiger partial charge in [0.15, 0.2) is 0 Å². The van der Waals surface area contributed by atoms with E-state index in [2.05, 4.69) is 15.4 Å². The highest BCUT2D eigenvalue weighted by Gasteiger charge is 2.24. The number of aliphatic carboxylic acids is 1. The molecule has 0 radical (unpaired) electrons. The summed E-state index contributed by atoms with van der Waals surface area (Å²) in [5.74, 6) is -0.204. The molecule has 1 aromatic heterocycles. The van der Waals surface area contributed by atoms with Crippen molar-refractivity contribution >= 4 is 23.5 Å². The van der Waals surface area contributed by atoms with E-state index in [1.807, 2.05) is 0 Å². The van der Waals surface area contributed by atoms with E-state index in [9.17, 15) is 9.59 Å². The molecule has 0 saturated carbocycles. The van der Waals surface area contributed by atoms with Crippen molar-refractivity contribution in [2.45, 2.75) is 32.2 Å². The number of hydrogen-bond acceptors (Lipinski definition) is 5. The van der Waals surface area contributed by atoms with Crippen LogP contribution < -0.4 is 0 Å². The lowest BCUT2D eigenvalue weighted by Gasteiger charge is -2.32. The van der Waals surface area contributed by atoms with E-state index in [0.29, 0.717) is 30.4 Å². The lowest BCUT2D eigenvalue weighted by Crippen LogP contribution is -2.42. The van der Waals surface area contributed by atoms with Crippen molar-refractivity contribution in [2.24, 2.45) is 5.92 Å². The van der Waals surface area contributed by atoms with E-state index in [1.54, 1.807) is 29.2 Å². The van der Waals surface area contributed by atoms with Gasteiger partial charge in [-0.2, -0.15) is 4.80 Å². The minimum atomic E-state index is -0.796. The van der Waals surface area contributed by atoms with Crippen molar-refractivity contribution in [1.82, 2.24) is 25.1 Å². The Morgan fingerprint density at radius 1 is 1.27 bits per heavy atom. The number of carbonyl (C=O) groups excluding carboxylic acids is 1. The molecule has 0 spiro atoms. The maximum absolute atomic E-state index is 12.5. The molecule has 138 valence electrons. The summed E-state index contributed by atoms with van der Waals surface area (Å²) in [7, 11) is 0. The van der Waals surface area contributed by atoms with Gasteiger partial charge in [0.05, 0.1) is 0 Å². The highest BCUT2D eigenvalue weighted by Crippen LogP contribution is 2.21. The topological polar surface area (TPSA) is 101 Å².